The van der Waals surface area contributed by atoms with Crippen molar-refractivity contribution < 1.29 is 0 Å². The molecule has 0 fully saturated rings. The van der Waals surface area contributed by atoms with E-state index in [4.69, 9.17) is 0 Å². The van der Waals surface area contributed by atoms with Gasteiger partial charge in [0.05, 0.1) is 0 Å². The van der Waals surface area contributed by atoms with Gasteiger partial charge in [-0.2, -0.15) is 0 Å². The molecule has 63 valence electrons. The lowest BCUT2D eigenvalue weighted by Crippen LogP contribution is -2.54. The molecule has 1 heteroatoms. The van der Waals surface area contributed by atoms with Crippen LogP contribution in [-0.4, -0.2) is 23.0 Å². The fourth-order valence-corrected chi connectivity index (χ4v) is 1.55. The summed E-state index contributed by atoms with van der Waals surface area (Å²) in [6.07, 6.45) is 6.53. The first-order valence-corrected chi connectivity index (χ1v) is 4.18. The number of nitrogens with zero attached hydrogens (tertiary/aromatic N) is 1. The quantitative estimate of drug-likeness (QED) is 0.514. The van der Waals surface area contributed by atoms with Crippen molar-refractivity contribution in [2.24, 2.45) is 0 Å². The highest BCUT2D eigenvalue weighted by Gasteiger charge is 2.35. The van der Waals surface area contributed by atoms with E-state index in [1.807, 2.05) is 0 Å². The summed E-state index contributed by atoms with van der Waals surface area (Å²) in [5.74, 6) is 0. The van der Waals surface area contributed by atoms with Crippen LogP contribution < -0.4 is 0 Å². The molecule has 0 saturated heterocycles. The molecule has 1 heterocycles. The number of hydrogen-bond donors (Lipinski definition) is 0. The third kappa shape index (κ3) is 1.48. The van der Waals surface area contributed by atoms with Crippen LogP contribution in [0.25, 0.3) is 0 Å². The van der Waals surface area contributed by atoms with E-state index in [0.717, 1.165) is 6.42 Å². The molecule has 1 radical (unpaired) electrons. The first-order valence-electron chi connectivity index (χ1n) is 4.18. The molecule has 0 unspecified atom stereocenters. The van der Waals surface area contributed by atoms with Gasteiger partial charge in [0.15, 0.2) is 0 Å². The Morgan fingerprint density at radius 1 is 1.27 bits per heavy atom. The average molecular weight is 152 g/mol. The highest BCUT2D eigenvalue weighted by atomic mass is 15.2. The predicted octanol–water partition coefficient (Wildman–Crippen LogP) is 2.24. The van der Waals surface area contributed by atoms with Gasteiger partial charge in [0.2, 0.25) is 0 Å². The van der Waals surface area contributed by atoms with Gasteiger partial charge >= 0.3 is 0 Å². The molecule has 0 N–H and O–H groups in total. The van der Waals surface area contributed by atoms with E-state index in [9.17, 15) is 0 Å². The highest BCUT2D eigenvalue weighted by Crippen LogP contribution is 2.31. The third-order valence-electron chi connectivity index (χ3n) is 2.76. The van der Waals surface area contributed by atoms with Crippen LogP contribution in [0.3, 0.4) is 0 Å². The summed E-state index contributed by atoms with van der Waals surface area (Å²) in [5, 5.41) is 0. The van der Waals surface area contributed by atoms with Gasteiger partial charge in [-0.05, 0) is 47.2 Å². The van der Waals surface area contributed by atoms with E-state index in [1.54, 1.807) is 0 Å². The zero-order chi connectivity index (χ0) is 8.70. The van der Waals surface area contributed by atoms with E-state index >= 15 is 0 Å². The summed E-state index contributed by atoms with van der Waals surface area (Å²) in [4.78, 5) is 2.40. The van der Waals surface area contributed by atoms with E-state index in [1.165, 1.54) is 0 Å². The molecule has 1 aliphatic heterocycles. The molecular formula is C10H18N. The molecule has 0 amide bonds. The standard InChI is InChI=1S/C10H18N/c1-9(2)7-6-8-10(3,4)11(9)5/h7H,8H2,1-5H3. The first-order chi connectivity index (χ1) is 4.86. The summed E-state index contributed by atoms with van der Waals surface area (Å²) in [5.41, 5.74) is 0.431. The van der Waals surface area contributed by atoms with Crippen LogP contribution in [-0.2, 0) is 0 Å². The van der Waals surface area contributed by atoms with Crippen LogP contribution in [0.15, 0.2) is 6.08 Å². The molecule has 0 bridgehead atoms. The molecule has 1 rings (SSSR count). The molecule has 0 aromatic carbocycles. The largest absolute Gasteiger partial charge is 0.292 e. The molecule has 0 aromatic rings. The average Bonchev–Trinajstić information content (AvgIpc) is 1.82. The van der Waals surface area contributed by atoms with E-state index < -0.39 is 0 Å². The van der Waals surface area contributed by atoms with Gasteiger partial charge in [0.1, 0.15) is 0 Å². The Kier molecular flexibility index (Phi) is 1.87. The van der Waals surface area contributed by atoms with E-state index in [0.29, 0.717) is 0 Å². The number of likely N-dealkylation sites (N-methyl/N-ethyl adjacent to an activating group) is 1. The van der Waals surface area contributed by atoms with Gasteiger partial charge in [-0.15, -0.1) is 0 Å². The minimum absolute atomic E-state index is 0.168. The molecule has 0 saturated carbocycles. The Bertz CT molecular complexity index is 177. The van der Waals surface area contributed by atoms with Crippen LogP contribution in [0.1, 0.15) is 34.1 Å². The first kappa shape index (κ1) is 8.79. The minimum Gasteiger partial charge on any atom is -0.292 e. The molecule has 11 heavy (non-hydrogen) atoms. The lowest BCUT2D eigenvalue weighted by Gasteiger charge is -2.47. The molecular weight excluding hydrogens is 134 g/mol. The topological polar surface area (TPSA) is 3.24 Å². The van der Waals surface area contributed by atoms with Crippen LogP contribution in [0, 0.1) is 6.08 Å². The summed E-state index contributed by atoms with van der Waals surface area (Å²) in [6, 6.07) is 0. The van der Waals surface area contributed by atoms with Crippen LogP contribution >= 0.6 is 0 Å². The smallest absolute Gasteiger partial charge is 0.0343 e. The SMILES string of the molecule is CN1C(C)(C)C=[C]CC1(C)C. The van der Waals surface area contributed by atoms with Gasteiger partial charge in [0, 0.05) is 11.1 Å². The molecule has 1 aliphatic rings. The van der Waals surface area contributed by atoms with Crippen molar-refractivity contribution in [3.05, 3.63) is 12.2 Å². The Balaban J connectivity index is 2.91. The van der Waals surface area contributed by atoms with Crippen LogP contribution in [0.5, 0.6) is 0 Å². The van der Waals surface area contributed by atoms with Gasteiger partial charge in [-0.3, -0.25) is 4.90 Å². The summed E-state index contributed by atoms with van der Waals surface area (Å²) < 4.78 is 0. The second kappa shape index (κ2) is 2.34. The maximum absolute atomic E-state index is 3.33. The van der Waals surface area contributed by atoms with Crippen molar-refractivity contribution >= 4 is 0 Å². The van der Waals surface area contributed by atoms with Crippen LogP contribution in [0.4, 0.5) is 0 Å². The predicted molar refractivity (Wildman–Crippen MR) is 48.4 cm³/mol. The number of rotatable bonds is 0. The fourth-order valence-electron chi connectivity index (χ4n) is 1.55. The summed E-state index contributed by atoms with van der Waals surface area (Å²) in [7, 11) is 2.18. The van der Waals surface area contributed by atoms with Gasteiger partial charge in [0.25, 0.3) is 0 Å². The second-order valence-corrected chi connectivity index (χ2v) is 4.55. The Labute approximate surface area is 70.1 Å². The van der Waals surface area contributed by atoms with E-state index in [2.05, 4.69) is 51.8 Å². The fraction of sp³-hybridized carbons (Fsp3) is 0.800. The minimum atomic E-state index is 0.168. The van der Waals surface area contributed by atoms with Crippen molar-refractivity contribution in [1.82, 2.24) is 4.90 Å². The monoisotopic (exact) mass is 152 g/mol. The highest BCUT2D eigenvalue weighted by molar-refractivity contribution is 5.08. The molecule has 1 nitrogen and oxygen atoms in total. The summed E-state index contributed by atoms with van der Waals surface area (Å²) in [6.45, 7) is 8.96. The third-order valence-corrected chi connectivity index (χ3v) is 2.76. The van der Waals surface area contributed by atoms with Gasteiger partial charge < -0.3 is 0 Å². The van der Waals surface area contributed by atoms with Crippen molar-refractivity contribution in [2.75, 3.05) is 7.05 Å². The normalized spacial score (nSPS) is 28.8. The maximum atomic E-state index is 3.33. The zero-order valence-electron chi connectivity index (χ0n) is 8.23. The molecule has 0 aromatic heterocycles. The Hall–Kier alpha value is -0.300. The number of hydrogen-bond acceptors (Lipinski definition) is 1. The van der Waals surface area contributed by atoms with Crippen molar-refractivity contribution in [3.8, 4) is 0 Å². The Morgan fingerprint density at radius 3 is 2.18 bits per heavy atom. The van der Waals surface area contributed by atoms with Crippen molar-refractivity contribution in [3.63, 3.8) is 0 Å². The van der Waals surface area contributed by atoms with Gasteiger partial charge in [-0.1, -0.05) is 6.08 Å². The van der Waals surface area contributed by atoms with Gasteiger partial charge in [-0.25, -0.2) is 0 Å². The molecule has 0 atom stereocenters. The van der Waals surface area contributed by atoms with Crippen molar-refractivity contribution in [1.29, 1.82) is 0 Å². The van der Waals surface area contributed by atoms with Crippen molar-refractivity contribution in [2.45, 2.75) is 45.2 Å². The Morgan fingerprint density at radius 2 is 1.82 bits per heavy atom. The molecule has 0 aliphatic carbocycles. The second-order valence-electron chi connectivity index (χ2n) is 4.55. The van der Waals surface area contributed by atoms with E-state index in [-0.39, 0.29) is 11.1 Å². The lowest BCUT2D eigenvalue weighted by molar-refractivity contribution is 0.0637. The maximum Gasteiger partial charge on any atom is 0.0343 e. The van der Waals surface area contributed by atoms with Crippen LogP contribution in [0.2, 0.25) is 0 Å². The summed E-state index contributed by atoms with van der Waals surface area (Å²) >= 11 is 0. The lowest BCUT2D eigenvalue weighted by atomic mass is 9.86. The zero-order valence-corrected chi connectivity index (χ0v) is 8.23. The molecule has 0 spiro atoms.